The second-order valence-electron chi connectivity index (χ2n) is 14.0. The second kappa shape index (κ2) is 24.1. The normalized spacial score (nSPS) is 18.1. The van der Waals surface area contributed by atoms with Crippen LogP contribution in [0.15, 0.2) is 78.9 Å². The van der Waals surface area contributed by atoms with Crippen molar-refractivity contribution in [3.63, 3.8) is 0 Å². The first-order valence-electron chi connectivity index (χ1n) is 19.9. The van der Waals surface area contributed by atoms with Crippen LogP contribution in [0.2, 0.25) is 0 Å². The zero-order chi connectivity index (χ0) is 40.1. The van der Waals surface area contributed by atoms with Gasteiger partial charge in [0.1, 0.15) is 23.2 Å². The Bertz CT molecular complexity index is 1550. The van der Waals surface area contributed by atoms with E-state index in [1.165, 1.54) is 0 Å². The van der Waals surface area contributed by atoms with Gasteiger partial charge < -0.3 is 54.2 Å². The van der Waals surface area contributed by atoms with E-state index in [0.717, 1.165) is 59.6 Å². The molecule has 57 heavy (non-hydrogen) atoms. The maximum Gasteiger partial charge on any atom is 0.315 e. The number of aliphatic hydroxyl groups excluding tert-OH is 1. The van der Waals surface area contributed by atoms with Gasteiger partial charge in [-0.2, -0.15) is 11.8 Å². The van der Waals surface area contributed by atoms with Crippen molar-refractivity contribution in [1.29, 1.82) is 0 Å². The predicted molar refractivity (Wildman–Crippen MR) is 219 cm³/mol. The summed E-state index contributed by atoms with van der Waals surface area (Å²) in [5.74, 6) is 2.49. The Morgan fingerprint density at radius 3 is 1.95 bits per heavy atom. The molecule has 4 N–H and O–H groups in total. The highest BCUT2D eigenvalue weighted by Gasteiger charge is 2.42. The van der Waals surface area contributed by atoms with Gasteiger partial charge in [0.15, 0.2) is 0 Å². The van der Waals surface area contributed by atoms with E-state index < -0.39 is 11.7 Å². The lowest BCUT2D eigenvalue weighted by atomic mass is 9.80. The number of nitrogens with one attached hydrogen (secondary N) is 3. The van der Waals surface area contributed by atoms with Gasteiger partial charge >= 0.3 is 6.03 Å². The number of amides is 3. The maximum absolute atomic E-state index is 12.2. The number of hydrogen-bond donors (Lipinski definition) is 4. The Kier molecular flexibility index (Phi) is 18.7. The van der Waals surface area contributed by atoms with Crippen molar-refractivity contribution in [3.8, 4) is 11.5 Å². The van der Waals surface area contributed by atoms with Crippen LogP contribution >= 0.6 is 11.8 Å². The van der Waals surface area contributed by atoms with Gasteiger partial charge in [-0.05, 0) is 60.2 Å². The molecule has 3 aromatic carbocycles. The SMILES string of the molecule is COc1ccc(C(OC[C@@H](O)COCCOCCOCCOCCCNC(=O)CCCC[C@@H]2SC[C@@H]3NC(=O)N[C@@H]32)(c2ccccc2)c2ccc(OC)cc2)cc1. The smallest absolute Gasteiger partial charge is 0.315 e. The third kappa shape index (κ3) is 13.6. The number of benzene rings is 3. The minimum Gasteiger partial charge on any atom is -0.497 e. The monoisotopic (exact) mass is 809 g/mol. The van der Waals surface area contributed by atoms with Crippen LogP contribution in [0.5, 0.6) is 11.5 Å². The Labute approximate surface area is 340 Å². The van der Waals surface area contributed by atoms with E-state index >= 15 is 0 Å². The summed E-state index contributed by atoms with van der Waals surface area (Å²) in [6.07, 6.45) is 3.21. The molecule has 3 amide bonds. The molecule has 0 aliphatic carbocycles. The van der Waals surface area contributed by atoms with Gasteiger partial charge in [-0.3, -0.25) is 4.79 Å². The Morgan fingerprint density at radius 1 is 0.754 bits per heavy atom. The van der Waals surface area contributed by atoms with Gasteiger partial charge in [-0.1, -0.05) is 61.0 Å². The molecular formula is C43H59N3O10S. The zero-order valence-corrected chi connectivity index (χ0v) is 34.0. The number of aliphatic hydroxyl groups is 1. The number of thioether (sulfide) groups is 1. The molecule has 0 spiro atoms. The lowest BCUT2D eigenvalue weighted by Gasteiger charge is -2.36. The summed E-state index contributed by atoms with van der Waals surface area (Å²) < 4.78 is 40.1. The number of ether oxygens (including phenoxy) is 7. The van der Waals surface area contributed by atoms with Crippen LogP contribution in [0.4, 0.5) is 4.79 Å². The number of rotatable bonds is 28. The Hall–Kier alpha value is -3.89. The van der Waals surface area contributed by atoms with Crippen molar-refractivity contribution < 1.29 is 47.9 Å². The first kappa shape index (κ1) is 44.2. The molecule has 2 saturated heterocycles. The molecule has 2 aliphatic heterocycles. The van der Waals surface area contributed by atoms with Crippen LogP contribution in [0.3, 0.4) is 0 Å². The fourth-order valence-corrected chi connectivity index (χ4v) is 8.53. The number of carbonyl (C=O) groups excluding carboxylic acids is 2. The summed E-state index contributed by atoms with van der Waals surface area (Å²) in [5, 5.41) is 20.3. The number of fused-ring (bicyclic) bond motifs is 1. The van der Waals surface area contributed by atoms with Gasteiger partial charge in [-0.25, -0.2) is 4.79 Å². The molecule has 0 unspecified atom stereocenters. The first-order chi connectivity index (χ1) is 27.9. The molecule has 13 nitrogen and oxygen atoms in total. The van der Waals surface area contributed by atoms with Crippen molar-refractivity contribution in [2.75, 3.05) is 86.0 Å². The van der Waals surface area contributed by atoms with Crippen molar-refractivity contribution in [2.24, 2.45) is 0 Å². The average Bonchev–Trinajstić information content (AvgIpc) is 3.80. The van der Waals surface area contributed by atoms with Gasteiger partial charge in [0, 0.05) is 30.6 Å². The van der Waals surface area contributed by atoms with E-state index in [9.17, 15) is 14.7 Å². The molecule has 0 bridgehead atoms. The van der Waals surface area contributed by atoms with Crippen LogP contribution in [-0.4, -0.2) is 126 Å². The third-order valence-electron chi connectivity index (χ3n) is 9.96. The number of carbonyl (C=O) groups is 2. The van der Waals surface area contributed by atoms with E-state index in [0.29, 0.717) is 64.5 Å². The standard InChI is InChI=1S/C43H59N3O10S/c1-50-36-17-13-33(14-18-36)43(32-9-4-3-5-10-32,34-15-19-37(51-2)20-16-34)56-30-35(47)29-55-28-27-54-26-25-53-24-23-52-22-8-21-44-40(48)12-7-6-11-39-41-38(31-57-39)45-42(49)46-41/h3-5,9-10,13-20,35,38-39,41,47H,6-8,11-12,21-31H2,1-2H3,(H,44,48)(H2,45,46,49)/t35-,38-,39-,41-/m0/s1. The molecule has 2 heterocycles. The van der Waals surface area contributed by atoms with Crippen molar-refractivity contribution in [3.05, 3.63) is 95.6 Å². The highest BCUT2D eigenvalue weighted by atomic mass is 32.2. The lowest BCUT2D eigenvalue weighted by Crippen LogP contribution is -2.36. The van der Waals surface area contributed by atoms with E-state index in [4.69, 9.17) is 33.2 Å². The summed E-state index contributed by atoms with van der Waals surface area (Å²) in [5.41, 5.74) is 1.65. The molecular weight excluding hydrogens is 751 g/mol. The lowest BCUT2D eigenvalue weighted by molar-refractivity contribution is -0.121. The van der Waals surface area contributed by atoms with E-state index in [1.807, 2.05) is 90.6 Å². The minimum absolute atomic E-state index is 0.0156. The summed E-state index contributed by atoms with van der Waals surface area (Å²) in [7, 11) is 3.27. The Morgan fingerprint density at radius 2 is 1.33 bits per heavy atom. The van der Waals surface area contributed by atoms with Crippen LogP contribution in [-0.2, 0) is 34.1 Å². The van der Waals surface area contributed by atoms with Crippen LogP contribution in [0.25, 0.3) is 0 Å². The van der Waals surface area contributed by atoms with Crippen LogP contribution in [0, 0.1) is 0 Å². The van der Waals surface area contributed by atoms with E-state index in [1.54, 1.807) is 14.2 Å². The molecule has 4 atom stereocenters. The topological polar surface area (TPSA) is 155 Å². The highest BCUT2D eigenvalue weighted by molar-refractivity contribution is 8.00. The Balaban J connectivity index is 0.886. The van der Waals surface area contributed by atoms with E-state index in [-0.39, 0.29) is 37.2 Å². The van der Waals surface area contributed by atoms with Gasteiger partial charge in [-0.15, -0.1) is 0 Å². The predicted octanol–water partition coefficient (Wildman–Crippen LogP) is 4.67. The van der Waals surface area contributed by atoms with Crippen molar-refractivity contribution in [2.45, 2.75) is 61.1 Å². The largest absolute Gasteiger partial charge is 0.497 e. The van der Waals surface area contributed by atoms with Crippen molar-refractivity contribution in [1.82, 2.24) is 16.0 Å². The van der Waals surface area contributed by atoms with E-state index in [2.05, 4.69) is 16.0 Å². The molecule has 5 rings (SSSR count). The number of methoxy groups -OCH3 is 2. The van der Waals surface area contributed by atoms with Crippen molar-refractivity contribution >= 4 is 23.7 Å². The molecule has 0 radical (unpaired) electrons. The molecule has 312 valence electrons. The summed E-state index contributed by atoms with van der Waals surface area (Å²) in [6, 6.07) is 25.8. The number of unbranched alkanes of at least 4 members (excludes halogenated alkanes) is 1. The summed E-state index contributed by atoms with van der Waals surface area (Å²) in [6.45, 7) is 3.68. The fraction of sp³-hybridized carbons (Fsp3) is 0.535. The molecule has 14 heteroatoms. The highest BCUT2D eigenvalue weighted by Crippen LogP contribution is 2.42. The fourth-order valence-electron chi connectivity index (χ4n) is 6.99. The summed E-state index contributed by atoms with van der Waals surface area (Å²) >= 11 is 1.90. The first-order valence-corrected chi connectivity index (χ1v) is 20.9. The molecule has 2 aliphatic rings. The zero-order valence-electron chi connectivity index (χ0n) is 33.2. The van der Waals surface area contributed by atoms with Gasteiger partial charge in [0.05, 0.1) is 79.2 Å². The minimum atomic E-state index is -1.02. The quantitative estimate of drug-likeness (QED) is 0.0460. The third-order valence-corrected chi connectivity index (χ3v) is 11.5. The molecule has 0 aromatic heterocycles. The van der Waals surface area contributed by atoms with Gasteiger partial charge in [0.2, 0.25) is 5.91 Å². The summed E-state index contributed by atoms with van der Waals surface area (Å²) in [4.78, 5) is 23.7. The molecule has 3 aromatic rings. The number of hydrogen-bond acceptors (Lipinski definition) is 11. The number of urea groups is 1. The molecule has 2 fully saturated rings. The maximum atomic E-state index is 12.2. The van der Waals surface area contributed by atoms with Crippen LogP contribution < -0.4 is 25.4 Å². The van der Waals surface area contributed by atoms with Gasteiger partial charge in [0.25, 0.3) is 0 Å². The second-order valence-corrected chi connectivity index (χ2v) is 15.2. The average molecular weight is 810 g/mol. The van der Waals surface area contributed by atoms with Crippen LogP contribution in [0.1, 0.15) is 48.8 Å². The molecule has 0 saturated carbocycles.